The van der Waals surface area contributed by atoms with Crippen LogP contribution in [-0.2, 0) is 9.47 Å². The lowest BCUT2D eigenvalue weighted by atomic mass is 9.98. The summed E-state index contributed by atoms with van der Waals surface area (Å²) in [5, 5.41) is 2.55. The number of benzene rings is 2. The van der Waals surface area contributed by atoms with Crippen LogP contribution in [0.5, 0.6) is 0 Å². The minimum absolute atomic E-state index is 0.125. The molecule has 18 heavy (non-hydrogen) atoms. The summed E-state index contributed by atoms with van der Waals surface area (Å²) < 4.78 is 11.7. The molecule has 2 heteroatoms. The summed E-state index contributed by atoms with van der Waals surface area (Å²) in [6.07, 6.45) is 1.04. The first-order valence-electron chi connectivity index (χ1n) is 6.45. The quantitative estimate of drug-likeness (QED) is 0.751. The van der Waals surface area contributed by atoms with Gasteiger partial charge < -0.3 is 9.47 Å². The number of hydrogen-bond donors (Lipinski definition) is 0. The Morgan fingerprint density at radius 3 is 2.67 bits per heavy atom. The second-order valence-electron chi connectivity index (χ2n) is 5.21. The maximum absolute atomic E-state index is 6.05. The van der Waals surface area contributed by atoms with Crippen LogP contribution in [0.2, 0.25) is 0 Å². The fourth-order valence-corrected chi connectivity index (χ4v) is 2.60. The first-order chi connectivity index (χ1) is 8.66. The molecule has 1 heterocycles. The fourth-order valence-electron chi connectivity index (χ4n) is 2.60. The lowest BCUT2D eigenvalue weighted by Crippen LogP contribution is -2.36. The zero-order chi connectivity index (χ0) is 12.6. The molecule has 0 radical (unpaired) electrons. The van der Waals surface area contributed by atoms with Gasteiger partial charge in [0, 0.05) is 6.42 Å². The van der Waals surface area contributed by atoms with E-state index >= 15 is 0 Å². The van der Waals surface area contributed by atoms with Gasteiger partial charge in [0.1, 0.15) is 0 Å². The second kappa shape index (κ2) is 4.38. The van der Waals surface area contributed by atoms with Gasteiger partial charge in [-0.2, -0.15) is 0 Å². The largest absolute Gasteiger partial charge is 0.350 e. The van der Waals surface area contributed by atoms with Gasteiger partial charge in [-0.15, -0.1) is 0 Å². The summed E-state index contributed by atoms with van der Waals surface area (Å²) in [6.45, 7) is 4.70. The van der Waals surface area contributed by atoms with E-state index in [1.807, 2.05) is 13.8 Å². The standard InChI is InChI=1S/C16H18O2/c1-16(2)17-11-10-15(18-16)14-9-5-7-12-6-3-4-8-13(12)14/h3-9,15H,10-11H2,1-2H3. The molecule has 1 atom stereocenters. The molecule has 1 fully saturated rings. The van der Waals surface area contributed by atoms with Crippen LogP contribution in [0, 0.1) is 0 Å². The average Bonchev–Trinajstić information content (AvgIpc) is 2.37. The molecule has 3 rings (SSSR count). The highest BCUT2D eigenvalue weighted by atomic mass is 16.7. The molecular weight excluding hydrogens is 224 g/mol. The van der Waals surface area contributed by atoms with E-state index in [9.17, 15) is 0 Å². The van der Waals surface area contributed by atoms with Crippen molar-refractivity contribution in [1.29, 1.82) is 0 Å². The molecule has 0 aliphatic carbocycles. The normalized spacial score (nSPS) is 23.1. The lowest BCUT2D eigenvalue weighted by Gasteiger charge is -2.36. The van der Waals surface area contributed by atoms with Gasteiger partial charge in [0.2, 0.25) is 0 Å². The molecule has 1 unspecified atom stereocenters. The van der Waals surface area contributed by atoms with E-state index in [0.29, 0.717) is 0 Å². The third-order valence-corrected chi connectivity index (χ3v) is 3.43. The maximum Gasteiger partial charge on any atom is 0.163 e. The van der Waals surface area contributed by atoms with Crippen molar-refractivity contribution in [3.8, 4) is 0 Å². The molecule has 2 aromatic rings. The van der Waals surface area contributed by atoms with Crippen LogP contribution >= 0.6 is 0 Å². The van der Waals surface area contributed by atoms with E-state index in [1.54, 1.807) is 0 Å². The van der Waals surface area contributed by atoms with Crippen LogP contribution in [-0.4, -0.2) is 12.4 Å². The smallest absolute Gasteiger partial charge is 0.163 e. The molecule has 0 aromatic heterocycles. The first kappa shape index (κ1) is 11.7. The highest BCUT2D eigenvalue weighted by molar-refractivity contribution is 5.86. The van der Waals surface area contributed by atoms with Crippen molar-refractivity contribution >= 4 is 10.8 Å². The summed E-state index contributed by atoms with van der Waals surface area (Å²) >= 11 is 0. The maximum atomic E-state index is 6.05. The topological polar surface area (TPSA) is 18.5 Å². The Balaban J connectivity index is 2.04. The summed E-state index contributed by atoms with van der Waals surface area (Å²) in [5.74, 6) is -0.486. The minimum atomic E-state index is -0.486. The van der Waals surface area contributed by atoms with Gasteiger partial charge in [0.15, 0.2) is 5.79 Å². The Morgan fingerprint density at radius 2 is 1.83 bits per heavy atom. The van der Waals surface area contributed by atoms with Crippen LogP contribution in [0.1, 0.15) is 31.9 Å². The Hall–Kier alpha value is -1.38. The van der Waals surface area contributed by atoms with Gasteiger partial charge in [-0.05, 0) is 30.2 Å². The third-order valence-electron chi connectivity index (χ3n) is 3.43. The van der Waals surface area contributed by atoms with Crippen LogP contribution in [0.25, 0.3) is 10.8 Å². The van der Waals surface area contributed by atoms with Gasteiger partial charge in [0.05, 0.1) is 12.7 Å². The third kappa shape index (κ3) is 2.14. The molecule has 1 aliphatic rings. The highest BCUT2D eigenvalue weighted by Gasteiger charge is 2.30. The van der Waals surface area contributed by atoms with E-state index in [-0.39, 0.29) is 6.10 Å². The van der Waals surface area contributed by atoms with Crippen LogP contribution in [0.4, 0.5) is 0 Å². The molecule has 1 saturated heterocycles. The summed E-state index contributed by atoms with van der Waals surface area (Å²) in [7, 11) is 0. The van der Waals surface area contributed by atoms with Crippen molar-refractivity contribution in [3.63, 3.8) is 0 Å². The van der Waals surface area contributed by atoms with Crippen LogP contribution in [0.15, 0.2) is 42.5 Å². The molecule has 2 nitrogen and oxygen atoms in total. The number of ether oxygens (including phenoxy) is 2. The second-order valence-corrected chi connectivity index (χ2v) is 5.21. The van der Waals surface area contributed by atoms with Gasteiger partial charge in [0.25, 0.3) is 0 Å². The van der Waals surface area contributed by atoms with Gasteiger partial charge >= 0.3 is 0 Å². The van der Waals surface area contributed by atoms with Crippen molar-refractivity contribution < 1.29 is 9.47 Å². The Morgan fingerprint density at radius 1 is 1.06 bits per heavy atom. The number of fused-ring (bicyclic) bond motifs is 1. The minimum Gasteiger partial charge on any atom is -0.350 e. The fraction of sp³-hybridized carbons (Fsp3) is 0.375. The van der Waals surface area contributed by atoms with Crippen molar-refractivity contribution in [2.24, 2.45) is 0 Å². The average molecular weight is 242 g/mol. The monoisotopic (exact) mass is 242 g/mol. The number of rotatable bonds is 1. The van der Waals surface area contributed by atoms with E-state index in [2.05, 4.69) is 42.5 Å². The van der Waals surface area contributed by atoms with Gasteiger partial charge in [-0.3, -0.25) is 0 Å². The van der Waals surface area contributed by atoms with E-state index in [4.69, 9.17) is 9.47 Å². The van der Waals surface area contributed by atoms with Crippen molar-refractivity contribution in [2.75, 3.05) is 6.61 Å². The molecular formula is C16H18O2. The van der Waals surface area contributed by atoms with E-state index < -0.39 is 5.79 Å². The SMILES string of the molecule is CC1(C)OCCC(c2cccc3ccccc23)O1. The predicted octanol–water partition coefficient (Wildman–Crippen LogP) is 4.05. The molecule has 0 saturated carbocycles. The van der Waals surface area contributed by atoms with Gasteiger partial charge in [-0.25, -0.2) is 0 Å². The van der Waals surface area contributed by atoms with E-state index in [0.717, 1.165) is 13.0 Å². The summed E-state index contributed by atoms with van der Waals surface area (Å²) in [4.78, 5) is 0. The lowest BCUT2D eigenvalue weighted by molar-refractivity contribution is -0.275. The van der Waals surface area contributed by atoms with Crippen molar-refractivity contribution in [2.45, 2.75) is 32.2 Å². The Kier molecular flexibility index (Phi) is 2.84. The molecule has 2 aromatic carbocycles. The summed E-state index contributed by atoms with van der Waals surface area (Å²) in [6, 6.07) is 14.9. The van der Waals surface area contributed by atoms with Crippen LogP contribution in [0.3, 0.4) is 0 Å². The summed E-state index contributed by atoms with van der Waals surface area (Å²) in [5.41, 5.74) is 1.27. The first-order valence-corrected chi connectivity index (χ1v) is 6.45. The molecule has 0 spiro atoms. The van der Waals surface area contributed by atoms with E-state index in [1.165, 1.54) is 16.3 Å². The van der Waals surface area contributed by atoms with Crippen LogP contribution < -0.4 is 0 Å². The molecule has 94 valence electrons. The molecule has 0 amide bonds. The Labute approximate surface area is 108 Å². The molecule has 0 N–H and O–H groups in total. The van der Waals surface area contributed by atoms with Crippen molar-refractivity contribution in [1.82, 2.24) is 0 Å². The van der Waals surface area contributed by atoms with Crippen molar-refractivity contribution in [3.05, 3.63) is 48.0 Å². The highest BCUT2D eigenvalue weighted by Crippen LogP contribution is 2.35. The Bertz CT molecular complexity index is 555. The molecule has 0 bridgehead atoms. The van der Waals surface area contributed by atoms with Gasteiger partial charge in [-0.1, -0.05) is 42.5 Å². The zero-order valence-corrected chi connectivity index (χ0v) is 10.8. The zero-order valence-electron chi connectivity index (χ0n) is 10.8. The predicted molar refractivity (Wildman–Crippen MR) is 72.4 cm³/mol. The molecule has 1 aliphatic heterocycles. The number of hydrogen-bond acceptors (Lipinski definition) is 2.